The summed E-state index contributed by atoms with van der Waals surface area (Å²) in [5.74, 6) is -1.18. The Morgan fingerprint density at radius 3 is 2.15 bits per heavy atom. The highest BCUT2D eigenvalue weighted by atomic mass is 32.1. The number of nitrogens with zero attached hydrogens (tertiary/aromatic N) is 2. The van der Waals surface area contributed by atoms with Crippen molar-refractivity contribution in [3.63, 3.8) is 0 Å². The average molecular weight is 302 g/mol. The molecule has 0 fully saturated rings. The first-order valence-corrected chi connectivity index (χ1v) is 7.44. The Hall–Kier alpha value is -1.21. The Kier molecular flexibility index (Phi) is 9.92. The van der Waals surface area contributed by atoms with Gasteiger partial charge in [0, 0.05) is 13.1 Å². The maximum Gasteiger partial charge on any atom is 0.311 e. The summed E-state index contributed by atoms with van der Waals surface area (Å²) < 4.78 is 0. The fourth-order valence-electron chi connectivity index (χ4n) is 1.81. The predicted octanol–water partition coefficient (Wildman–Crippen LogP) is -0.0309. The minimum atomic E-state index is -0.650. The molecular formula is C13H26N4O2S. The van der Waals surface area contributed by atoms with Gasteiger partial charge in [0.15, 0.2) is 0 Å². The third-order valence-electron chi connectivity index (χ3n) is 3.08. The number of hydrogen-bond donors (Lipinski definition) is 2. The SMILES string of the molecule is CCN(CC)CCCN(CC)C(=O)C(=O)NCC(N)=S. The molecule has 2 amide bonds. The van der Waals surface area contributed by atoms with Gasteiger partial charge in [0.2, 0.25) is 0 Å². The van der Waals surface area contributed by atoms with Crippen LogP contribution in [0.15, 0.2) is 0 Å². The Morgan fingerprint density at radius 1 is 1.10 bits per heavy atom. The van der Waals surface area contributed by atoms with Gasteiger partial charge in [-0.15, -0.1) is 0 Å². The van der Waals surface area contributed by atoms with Crippen molar-refractivity contribution in [2.75, 3.05) is 39.3 Å². The molecule has 3 N–H and O–H groups in total. The molecule has 0 aromatic rings. The number of amides is 2. The van der Waals surface area contributed by atoms with Gasteiger partial charge in [-0.25, -0.2) is 0 Å². The zero-order valence-electron chi connectivity index (χ0n) is 12.6. The first-order valence-electron chi connectivity index (χ1n) is 7.03. The number of nitrogens with two attached hydrogens (primary N) is 1. The molecule has 0 atom stereocenters. The normalized spacial score (nSPS) is 10.4. The van der Waals surface area contributed by atoms with E-state index in [2.05, 4.69) is 36.3 Å². The molecule has 0 spiro atoms. The molecule has 0 aromatic heterocycles. The van der Waals surface area contributed by atoms with Gasteiger partial charge in [-0.1, -0.05) is 26.1 Å². The monoisotopic (exact) mass is 302 g/mol. The van der Waals surface area contributed by atoms with Crippen LogP contribution in [0, 0.1) is 0 Å². The van der Waals surface area contributed by atoms with Crippen molar-refractivity contribution in [2.45, 2.75) is 27.2 Å². The number of likely N-dealkylation sites (N-methyl/N-ethyl adjacent to an activating group) is 1. The van der Waals surface area contributed by atoms with Crippen molar-refractivity contribution in [1.29, 1.82) is 0 Å². The molecule has 0 rings (SSSR count). The smallest absolute Gasteiger partial charge is 0.311 e. The fraction of sp³-hybridized carbons (Fsp3) is 0.769. The van der Waals surface area contributed by atoms with E-state index in [0.29, 0.717) is 13.1 Å². The summed E-state index contributed by atoms with van der Waals surface area (Å²) in [5.41, 5.74) is 5.28. The van der Waals surface area contributed by atoms with E-state index in [1.54, 1.807) is 4.90 Å². The summed E-state index contributed by atoms with van der Waals surface area (Å²) in [6, 6.07) is 0. The minimum Gasteiger partial charge on any atom is -0.392 e. The maximum absolute atomic E-state index is 11.9. The molecule has 7 heteroatoms. The summed E-state index contributed by atoms with van der Waals surface area (Å²) in [7, 11) is 0. The second kappa shape index (κ2) is 10.6. The Morgan fingerprint density at radius 2 is 1.70 bits per heavy atom. The zero-order valence-corrected chi connectivity index (χ0v) is 13.5. The Labute approximate surface area is 126 Å². The van der Waals surface area contributed by atoms with Crippen molar-refractivity contribution in [1.82, 2.24) is 15.1 Å². The highest BCUT2D eigenvalue weighted by molar-refractivity contribution is 7.80. The van der Waals surface area contributed by atoms with Crippen molar-refractivity contribution >= 4 is 29.0 Å². The summed E-state index contributed by atoms with van der Waals surface area (Å²) in [6.07, 6.45) is 0.851. The van der Waals surface area contributed by atoms with E-state index in [9.17, 15) is 9.59 Å². The molecule has 0 aliphatic heterocycles. The van der Waals surface area contributed by atoms with Gasteiger partial charge in [0.25, 0.3) is 0 Å². The number of hydrogen-bond acceptors (Lipinski definition) is 4. The van der Waals surface area contributed by atoms with E-state index in [0.717, 1.165) is 26.1 Å². The number of nitrogens with one attached hydrogen (secondary N) is 1. The highest BCUT2D eigenvalue weighted by Gasteiger charge is 2.20. The van der Waals surface area contributed by atoms with Gasteiger partial charge in [-0.3, -0.25) is 9.59 Å². The van der Waals surface area contributed by atoms with Crippen molar-refractivity contribution in [3.05, 3.63) is 0 Å². The summed E-state index contributed by atoms with van der Waals surface area (Å²) in [5, 5.41) is 2.41. The van der Waals surface area contributed by atoms with Crippen LogP contribution in [-0.2, 0) is 9.59 Å². The van der Waals surface area contributed by atoms with Crippen LogP contribution in [0.5, 0.6) is 0 Å². The van der Waals surface area contributed by atoms with Gasteiger partial charge in [0.1, 0.15) is 0 Å². The molecule has 0 bridgehead atoms. The van der Waals surface area contributed by atoms with Crippen molar-refractivity contribution in [2.24, 2.45) is 5.73 Å². The summed E-state index contributed by atoms with van der Waals surface area (Å²) in [4.78, 5) is 27.5. The number of thiocarbonyl (C=S) groups is 1. The molecule has 0 radical (unpaired) electrons. The molecule has 0 aromatic carbocycles. The van der Waals surface area contributed by atoms with Crippen molar-refractivity contribution < 1.29 is 9.59 Å². The minimum absolute atomic E-state index is 0.0525. The average Bonchev–Trinajstić information content (AvgIpc) is 2.44. The van der Waals surface area contributed by atoms with Crippen LogP contribution in [0.3, 0.4) is 0 Å². The topological polar surface area (TPSA) is 78.7 Å². The van der Waals surface area contributed by atoms with Crippen LogP contribution >= 0.6 is 12.2 Å². The molecule has 0 saturated carbocycles. The second-order valence-electron chi connectivity index (χ2n) is 4.41. The predicted molar refractivity (Wildman–Crippen MR) is 84.5 cm³/mol. The van der Waals surface area contributed by atoms with E-state index in [-0.39, 0.29) is 11.5 Å². The van der Waals surface area contributed by atoms with Gasteiger partial charge in [0.05, 0.1) is 11.5 Å². The third kappa shape index (κ3) is 7.40. The molecule has 0 unspecified atom stereocenters. The number of carbonyl (C=O) groups excluding carboxylic acids is 2. The van der Waals surface area contributed by atoms with E-state index in [4.69, 9.17) is 5.73 Å². The standard InChI is InChI=1S/C13H26N4O2S/c1-4-16(5-2)8-7-9-17(6-3)13(19)12(18)15-10-11(14)20/h4-10H2,1-3H3,(H2,14,20)(H,15,18). The van der Waals surface area contributed by atoms with Gasteiger partial charge in [-0.05, 0) is 33.0 Å². The molecule has 0 aliphatic carbocycles. The molecule has 6 nitrogen and oxygen atoms in total. The van der Waals surface area contributed by atoms with E-state index in [1.807, 2.05) is 6.92 Å². The Bertz CT molecular complexity index is 332. The van der Waals surface area contributed by atoms with Gasteiger partial charge >= 0.3 is 11.8 Å². The van der Waals surface area contributed by atoms with Crippen LogP contribution in [-0.4, -0.2) is 65.9 Å². The summed E-state index contributed by atoms with van der Waals surface area (Å²) in [6.45, 7) is 10.1. The maximum atomic E-state index is 11.9. The first kappa shape index (κ1) is 18.8. The third-order valence-corrected chi connectivity index (χ3v) is 3.23. The molecular weight excluding hydrogens is 276 g/mol. The largest absolute Gasteiger partial charge is 0.392 e. The molecule has 20 heavy (non-hydrogen) atoms. The Balaban J connectivity index is 4.20. The van der Waals surface area contributed by atoms with Gasteiger partial charge in [-0.2, -0.15) is 0 Å². The zero-order chi connectivity index (χ0) is 15.5. The van der Waals surface area contributed by atoms with E-state index < -0.39 is 11.8 Å². The lowest BCUT2D eigenvalue weighted by Crippen LogP contribution is -2.45. The second-order valence-corrected chi connectivity index (χ2v) is 4.94. The molecule has 0 saturated heterocycles. The fourth-order valence-corrected chi connectivity index (χ4v) is 1.89. The van der Waals surface area contributed by atoms with Crippen LogP contribution in [0.1, 0.15) is 27.2 Å². The van der Waals surface area contributed by atoms with Gasteiger partial charge < -0.3 is 20.9 Å². The van der Waals surface area contributed by atoms with Crippen LogP contribution < -0.4 is 11.1 Å². The van der Waals surface area contributed by atoms with Crippen LogP contribution in [0.4, 0.5) is 0 Å². The molecule has 0 aliphatic rings. The molecule has 0 heterocycles. The lowest BCUT2D eigenvalue weighted by atomic mass is 10.3. The van der Waals surface area contributed by atoms with E-state index in [1.165, 1.54) is 0 Å². The van der Waals surface area contributed by atoms with E-state index >= 15 is 0 Å². The highest BCUT2D eigenvalue weighted by Crippen LogP contribution is 1.96. The van der Waals surface area contributed by atoms with Crippen LogP contribution in [0.25, 0.3) is 0 Å². The van der Waals surface area contributed by atoms with Crippen LogP contribution in [0.2, 0.25) is 0 Å². The number of rotatable bonds is 9. The first-order chi connectivity index (χ1) is 9.46. The van der Waals surface area contributed by atoms with Crippen molar-refractivity contribution in [3.8, 4) is 0 Å². The lowest BCUT2D eigenvalue weighted by Gasteiger charge is -2.23. The quantitative estimate of drug-likeness (QED) is 0.462. The summed E-state index contributed by atoms with van der Waals surface area (Å²) >= 11 is 4.65. The lowest BCUT2D eigenvalue weighted by molar-refractivity contribution is -0.145. The number of carbonyl (C=O) groups is 2. The molecule has 116 valence electrons.